The van der Waals surface area contributed by atoms with Crippen molar-refractivity contribution in [3.63, 3.8) is 0 Å². The van der Waals surface area contributed by atoms with Crippen LogP contribution in [0.4, 0.5) is 0 Å². The van der Waals surface area contributed by atoms with Gasteiger partial charge in [0.15, 0.2) is 0 Å². The molecule has 5 atom stereocenters. The van der Waals surface area contributed by atoms with Gasteiger partial charge in [-0.05, 0) is 42.4 Å². The fourth-order valence-electron chi connectivity index (χ4n) is 3.95. The molecule has 2 bridgehead atoms. The lowest BCUT2D eigenvalue weighted by Crippen LogP contribution is -2.33. The van der Waals surface area contributed by atoms with E-state index in [1.54, 1.807) is 18.2 Å². The Morgan fingerprint density at radius 3 is 2.00 bits per heavy atom. The van der Waals surface area contributed by atoms with Gasteiger partial charge in [-0.25, -0.2) is 29.4 Å². The normalized spacial score (nSPS) is 35.1. The molecule has 0 aliphatic heterocycles. The average Bonchev–Trinajstić information content (AvgIpc) is 2.98. The van der Waals surface area contributed by atoms with E-state index in [0.29, 0.717) is 37.4 Å². The van der Waals surface area contributed by atoms with Crippen LogP contribution in [0.5, 0.6) is 0 Å². The van der Waals surface area contributed by atoms with Crippen LogP contribution < -0.4 is 0 Å². The summed E-state index contributed by atoms with van der Waals surface area (Å²) in [7, 11) is 0. The van der Waals surface area contributed by atoms with Crippen molar-refractivity contribution in [2.75, 3.05) is 19.6 Å². The number of hydrogen-bond donors (Lipinski definition) is 0. The summed E-state index contributed by atoms with van der Waals surface area (Å²) in [5, 5.41) is 0. The van der Waals surface area contributed by atoms with Crippen LogP contribution in [0.2, 0.25) is 0 Å². The molecule has 0 radical (unpaired) electrons. The van der Waals surface area contributed by atoms with E-state index in [-0.39, 0.29) is 11.8 Å². The molecule has 0 aromatic heterocycles. The summed E-state index contributed by atoms with van der Waals surface area (Å²) < 4.78 is 0. The van der Waals surface area contributed by atoms with Gasteiger partial charge in [0, 0.05) is 0 Å². The topological polar surface area (TPSA) is 88.3 Å². The van der Waals surface area contributed by atoms with Gasteiger partial charge in [-0.2, -0.15) is 0 Å². The zero-order valence-electron chi connectivity index (χ0n) is 10.5. The van der Waals surface area contributed by atoms with E-state index < -0.39 is 0 Å². The molecule has 2 aliphatic rings. The summed E-state index contributed by atoms with van der Waals surface area (Å²) >= 11 is 0. The van der Waals surface area contributed by atoms with E-state index in [1.807, 2.05) is 0 Å². The largest absolute Gasteiger partial charge is 0.234 e. The summed E-state index contributed by atoms with van der Waals surface area (Å²) in [6.07, 6.45) is 6.76. The lowest BCUT2D eigenvalue weighted by Gasteiger charge is -2.33. The molecule has 2 fully saturated rings. The molecule has 19 heavy (non-hydrogen) atoms. The molecule has 0 heterocycles. The van der Waals surface area contributed by atoms with Gasteiger partial charge in [-0.15, -0.1) is 0 Å². The molecule has 5 unspecified atom stereocenters. The molecule has 0 aromatic carbocycles. The molecule has 6 heteroatoms. The highest BCUT2D eigenvalue weighted by Crippen LogP contribution is 2.55. The van der Waals surface area contributed by atoms with Crippen LogP contribution in [0, 0.1) is 29.6 Å². The van der Waals surface area contributed by atoms with Gasteiger partial charge in [0.25, 0.3) is 0 Å². The number of hydrogen-bond acceptors (Lipinski definition) is 6. The fourth-order valence-corrected chi connectivity index (χ4v) is 3.95. The molecule has 6 nitrogen and oxygen atoms in total. The summed E-state index contributed by atoms with van der Waals surface area (Å²) in [5.74, 6) is 1.73. The van der Waals surface area contributed by atoms with Gasteiger partial charge in [0.2, 0.25) is 18.2 Å². The van der Waals surface area contributed by atoms with E-state index in [0.717, 1.165) is 12.8 Å². The molecule has 2 aliphatic carbocycles. The van der Waals surface area contributed by atoms with E-state index in [2.05, 4.69) is 15.0 Å². The smallest absolute Gasteiger partial charge is 0.211 e. The number of carbonyl (C=O) groups excluding carboxylic acids is 3. The van der Waals surface area contributed by atoms with Gasteiger partial charge in [0.05, 0.1) is 19.6 Å². The highest BCUT2D eigenvalue weighted by atomic mass is 16.1. The first-order valence-electron chi connectivity index (χ1n) is 6.42. The molecular weight excluding hydrogens is 246 g/mol. The van der Waals surface area contributed by atoms with Crippen molar-refractivity contribution >= 4 is 18.2 Å². The number of aliphatic imine (C=N–C) groups is 3. The van der Waals surface area contributed by atoms with E-state index in [9.17, 15) is 14.4 Å². The zero-order chi connectivity index (χ0) is 13.7. The predicted octanol–water partition coefficient (Wildman–Crippen LogP) is 0.882. The Kier molecular flexibility index (Phi) is 4.53. The maximum Gasteiger partial charge on any atom is 0.234 e. The number of rotatable bonds is 6. The standard InChI is InChI=1S/C13H15N3O3/c17-6-14-3-10-1-9-2-11(10)13(5-16-8-19)12(9)4-15-7-18/h9-13H,1-5H2. The molecule has 0 N–H and O–H groups in total. The summed E-state index contributed by atoms with van der Waals surface area (Å²) in [6.45, 7) is 1.37. The molecule has 0 amide bonds. The SMILES string of the molecule is O=C=NCC1CC2CC1C(CN=C=O)C2CN=C=O. The van der Waals surface area contributed by atoms with E-state index in [4.69, 9.17) is 0 Å². The van der Waals surface area contributed by atoms with Crippen molar-refractivity contribution in [1.29, 1.82) is 0 Å². The lowest BCUT2D eigenvalue weighted by molar-refractivity contribution is 0.177. The Morgan fingerprint density at radius 1 is 0.789 bits per heavy atom. The number of nitrogens with zero attached hydrogens (tertiary/aromatic N) is 3. The fraction of sp³-hybridized carbons (Fsp3) is 0.769. The lowest BCUT2D eigenvalue weighted by atomic mass is 9.74. The quantitative estimate of drug-likeness (QED) is 0.525. The maximum absolute atomic E-state index is 10.3. The first kappa shape index (κ1) is 13.6. The van der Waals surface area contributed by atoms with Gasteiger partial charge in [-0.3, -0.25) is 0 Å². The summed E-state index contributed by atoms with van der Waals surface area (Å²) in [5.41, 5.74) is 0. The van der Waals surface area contributed by atoms with Crippen LogP contribution in [0.3, 0.4) is 0 Å². The number of fused-ring (bicyclic) bond motifs is 2. The minimum absolute atomic E-state index is 0.226. The zero-order valence-corrected chi connectivity index (χ0v) is 10.5. The highest BCUT2D eigenvalue weighted by Gasteiger charge is 2.51. The third-order valence-corrected chi connectivity index (χ3v) is 4.61. The monoisotopic (exact) mass is 261 g/mol. The molecule has 100 valence electrons. The summed E-state index contributed by atoms with van der Waals surface area (Å²) in [4.78, 5) is 41.8. The molecule has 2 rings (SSSR count). The van der Waals surface area contributed by atoms with Crippen molar-refractivity contribution in [1.82, 2.24) is 0 Å². The second-order valence-corrected chi connectivity index (χ2v) is 5.28. The Bertz CT molecular complexity index is 474. The minimum Gasteiger partial charge on any atom is -0.211 e. The van der Waals surface area contributed by atoms with Crippen molar-refractivity contribution in [2.24, 2.45) is 44.6 Å². The molecule has 2 saturated carbocycles. The Hall–Kier alpha value is -1.86. The van der Waals surface area contributed by atoms with Gasteiger partial charge < -0.3 is 0 Å². The van der Waals surface area contributed by atoms with E-state index in [1.165, 1.54) is 0 Å². The maximum atomic E-state index is 10.3. The van der Waals surface area contributed by atoms with Crippen LogP contribution in [0.15, 0.2) is 15.0 Å². The van der Waals surface area contributed by atoms with Crippen LogP contribution in [-0.2, 0) is 14.4 Å². The third-order valence-electron chi connectivity index (χ3n) is 4.61. The molecule has 0 saturated heterocycles. The Labute approximate surface area is 110 Å². The van der Waals surface area contributed by atoms with Crippen molar-refractivity contribution in [3.8, 4) is 0 Å². The van der Waals surface area contributed by atoms with Gasteiger partial charge >= 0.3 is 0 Å². The second kappa shape index (κ2) is 6.35. The molecule has 0 aromatic rings. The average molecular weight is 261 g/mol. The Balaban J connectivity index is 2.10. The third kappa shape index (κ3) is 2.77. The number of isocyanates is 3. The van der Waals surface area contributed by atoms with Crippen molar-refractivity contribution < 1.29 is 14.4 Å². The molecule has 0 spiro atoms. The van der Waals surface area contributed by atoms with Crippen molar-refractivity contribution in [3.05, 3.63) is 0 Å². The van der Waals surface area contributed by atoms with Crippen LogP contribution in [0.1, 0.15) is 12.8 Å². The second-order valence-electron chi connectivity index (χ2n) is 5.28. The van der Waals surface area contributed by atoms with Gasteiger partial charge in [-0.1, -0.05) is 0 Å². The molecular formula is C13H15N3O3. The first-order chi connectivity index (χ1) is 9.31. The summed E-state index contributed by atoms with van der Waals surface area (Å²) in [6, 6.07) is 0. The van der Waals surface area contributed by atoms with Gasteiger partial charge in [0.1, 0.15) is 0 Å². The van der Waals surface area contributed by atoms with Crippen LogP contribution in [0.25, 0.3) is 0 Å². The minimum atomic E-state index is 0.226. The van der Waals surface area contributed by atoms with Crippen molar-refractivity contribution in [2.45, 2.75) is 12.8 Å². The Morgan fingerprint density at radius 2 is 1.37 bits per heavy atom. The van der Waals surface area contributed by atoms with Crippen LogP contribution in [-0.4, -0.2) is 37.9 Å². The van der Waals surface area contributed by atoms with Crippen LogP contribution >= 0.6 is 0 Å². The van der Waals surface area contributed by atoms with E-state index >= 15 is 0 Å². The first-order valence-corrected chi connectivity index (χ1v) is 6.42. The highest BCUT2D eigenvalue weighted by molar-refractivity contribution is 5.34. The predicted molar refractivity (Wildman–Crippen MR) is 65.6 cm³/mol.